The maximum absolute atomic E-state index is 12.2. The first-order valence-corrected chi connectivity index (χ1v) is 6.98. The van der Waals surface area contributed by atoms with E-state index in [0.717, 1.165) is 6.42 Å². The molecule has 5 heteroatoms. The lowest BCUT2D eigenvalue weighted by molar-refractivity contribution is -0.126. The Morgan fingerprint density at radius 2 is 2.11 bits per heavy atom. The molecule has 0 spiro atoms. The molecule has 1 aliphatic heterocycles. The van der Waals surface area contributed by atoms with Crippen molar-refractivity contribution in [2.75, 3.05) is 13.1 Å². The van der Waals surface area contributed by atoms with Gasteiger partial charge in [0.05, 0.1) is 0 Å². The van der Waals surface area contributed by atoms with Gasteiger partial charge >= 0.3 is 6.09 Å². The van der Waals surface area contributed by atoms with Crippen LogP contribution < -0.4 is 5.32 Å². The summed E-state index contributed by atoms with van der Waals surface area (Å²) in [6.45, 7) is 10.8. The molecule has 0 bridgehead atoms. The Hall–Kier alpha value is -1.26. The number of nitrogens with one attached hydrogen (secondary N) is 1. The summed E-state index contributed by atoms with van der Waals surface area (Å²) in [5.74, 6) is 0.274. The average molecular weight is 270 g/mol. The zero-order chi connectivity index (χ0) is 14.6. The highest BCUT2D eigenvalue weighted by molar-refractivity contribution is 5.86. The molecule has 1 N–H and O–H groups in total. The SMILES string of the molecule is CC(C)CC1C(=O)NCCCN1C(=O)OC(C)(C)C. The van der Waals surface area contributed by atoms with Gasteiger partial charge < -0.3 is 10.1 Å². The molecule has 1 saturated heterocycles. The van der Waals surface area contributed by atoms with Crippen molar-refractivity contribution in [1.29, 1.82) is 0 Å². The van der Waals surface area contributed by atoms with Gasteiger partial charge in [-0.25, -0.2) is 4.79 Å². The molecule has 1 rings (SSSR count). The molecule has 19 heavy (non-hydrogen) atoms. The quantitative estimate of drug-likeness (QED) is 0.836. The Labute approximate surface area is 115 Å². The largest absolute Gasteiger partial charge is 0.444 e. The molecule has 1 unspecified atom stereocenters. The minimum atomic E-state index is -0.539. The summed E-state index contributed by atoms with van der Waals surface area (Å²) in [5.41, 5.74) is -0.539. The third kappa shape index (κ3) is 5.09. The lowest BCUT2D eigenvalue weighted by Crippen LogP contribution is -2.49. The standard InChI is InChI=1S/C14H26N2O3/c1-10(2)9-11-12(17)15-7-6-8-16(11)13(18)19-14(3,4)5/h10-11H,6-9H2,1-5H3,(H,15,17). The van der Waals surface area contributed by atoms with Crippen LogP contribution in [0.5, 0.6) is 0 Å². The lowest BCUT2D eigenvalue weighted by atomic mass is 10.0. The molecule has 0 saturated carbocycles. The Morgan fingerprint density at radius 1 is 1.47 bits per heavy atom. The summed E-state index contributed by atoms with van der Waals surface area (Å²) in [5, 5.41) is 2.86. The molecule has 0 aromatic heterocycles. The van der Waals surface area contributed by atoms with Crippen molar-refractivity contribution in [2.45, 2.75) is 59.1 Å². The Balaban J connectivity index is 2.84. The molecule has 0 aliphatic carbocycles. The molecule has 0 aromatic carbocycles. The van der Waals surface area contributed by atoms with Gasteiger partial charge in [-0.05, 0) is 39.5 Å². The van der Waals surface area contributed by atoms with Crippen molar-refractivity contribution in [1.82, 2.24) is 10.2 Å². The lowest BCUT2D eigenvalue weighted by Gasteiger charge is -2.31. The second-order valence-corrected chi connectivity index (χ2v) is 6.46. The minimum Gasteiger partial charge on any atom is -0.444 e. The van der Waals surface area contributed by atoms with Crippen LogP contribution >= 0.6 is 0 Å². The molecule has 1 fully saturated rings. The summed E-state index contributed by atoms with van der Waals surface area (Å²) in [6.07, 6.45) is 1.03. The summed E-state index contributed by atoms with van der Waals surface area (Å²) < 4.78 is 5.40. The van der Waals surface area contributed by atoms with Crippen molar-refractivity contribution in [3.05, 3.63) is 0 Å². The third-order valence-corrected chi connectivity index (χ3v) is 2.88. The highest BCUT2D eigenvalue weighted by atomic mass is 16.6. The Kier molecular flexibility index (Phi) is 5.20. The summed E-state index contributed by atoms with van der Waals surface area (Å²) in [4.78, 5) is 25.9. The van der Waals surface area contributed by atoms with E-state index in [0.29, 0.717) is 25.4 Å². The molecule has 2 amide bonds. The van der Waals surface area contributed by atoms with Gasteiger partial charge in [0.1, 0.15) is 11.6 Å². The number of nitrogens with zero attached hydrogens (tertiary/aromatic N) is 1. The molecule has 1 atom stereocenters. The number of carbonyl (C=O) groups excluding carboxylic acids is 2. The fourth-order valence-corrected chi connectivity index (χ4v) is 2.10. The van der Waals surface area contributed by atoms with Crippen LogP contribution in [0.15, 0.2) is 0 Å². The van der Waals surface area contributed by atoms with E-state index >= 15 is 0 Å². The molecular weight excluding hydrogens is 244 g/mol. The van der Waals surface area contributed by atoms with Gasteiger partial charge in [0.15, 0.2) is 0 Å². The predicted molar refractivity (Wildman–Crippen MR) is 73.8 cm³/mol. The number of hydrogen-bond acceptors (Lipinski definition) is 3. The number of amides is 2. The van der Waals surface area contributed by atoms with Gasteiger partial charge in [0, 0.05) is 13.1 Å². The van der Waals surface area contributed by atoms with Crippen LogP contribution in [0.1, 0.15) is 47.5 Å². The molecule has 5 nitrogen and oxygen atoms in total. The second-order valence-electron chi connectivity index (χ2n) is 6.46. The van der Waals surface area contributed by atoms with Crippen molar-refractivity contribution in [3.63, 3.8) is 0 Å². The maximum Gasteiger partial charge on any atom is 0.410 e. The van der Waals surface area contributed by atoms with Crippen LogP contribution in [0.25, 0.3) is 0 Å². The van der Waals surface area contributed by atoms with Crippen LogP contribution in [0.2, 0.25) is 0 Å². The zero-order valence-corrected chi connectivity index (χ0v) is 12.7. The highest BCUT2D eigenvalue weighted by Crippen LogP contribution is 2.18. The zero-order valence-electron chi connectivity index (χ0n) is 12.7. The van der Waals surface area contributed by atoms with Gasteiger partial charge in [-0.2, -0.15) is 0 Å². The van der Waals surface area contributed by atoms with Crippen molar-refractivity contribution < 1.29 is 14.3 Å². The second kappa shape index (κ2) is 6.26. The van der Waals surface area contributed by atoms with Gasteiger partial charge in [0.2, 0.25) is 5.91 Å². The summed E-state index contributed by atoms with van der Waals surface area (Å²) in [6, 6.07) is -0.419. The Morgan fingerprint density at radius 3 is 2.63 bits per heavy atom. The molecule has 1 heterocycles. The first-order chi connectivity index (χ1) is 8.70. The number of rotatable bonds is 2. The predicted octanol–water partition coefficient (Wildman–Crippen LogP) is 2.16. The van der Waals surface area contributed by atoms with Gasteiger partial charge in [0.25, 0.3) is 0 Å². The van der Waals surface area contributed by atoms with Crippen molar-refractivity contribution >= 4 is 12.0 Å². The van der Waals surface area contributed by atoms with Crippen LogP contribution in [-0.2, 0) is 9.53 Å². The minimum absolute atomic E-state index is 0.0722. The van der Waals surface area contributed by atoms with E-state index in [2.05, 4.69) is 5.32 Å². The van der Waals surface area contributed by atoms with E-state index in [1.54, 1.807) is 4.90 Å². The molecule has 110 valence electrons. The summed E-state index contributed by atoms with van der Waals surface area (Å²) in [7, 11) is 0. The Bertz CT molecular complexity index is 334. The topological polar surface area (TPSA) is 58.6 Å². The fraction of sp³-hybridized carbons (Fsp3) is 0.857. The van der Waals surface area contributed by atoms with Crippen molar-refractivity contribution in [3.8, 4) is 0 Å². The fourth-order valence-electron chi connectivity index (χ4n) is 2.10. The van der Waals surface area contributed by atoms with E-state index in [4.69, 9.17) is 4.74 Å². The van der Waals surface area contributed by atoms with Crippen LogP contribution in [0.3, 0.4) is 0 Å². The van der Waals surface area contributed by atoms with Crippen LogP contribution in [0.4, 0.5) is 4.79 Å². The number of ether oxygens (including phenoxy) is 1. The molecule has 0 radical (unpaired) electrons. The van der Waals surface area contributed by atoms with Gasteiger partial charge in [-0.15, -0.1) is 0 Å². The normalized spacial score (nSPS) is 21.1. The smallest absolute Gasteiger partial charge is 0.410 e. The van der Waals surface area contributed by atoms with Gasteiger partial charge in [-0.1, -0.05) is 13.8 Å². The third-order valence-electron chi connectivity index (χ3n) is 2.88. The highest BCUT2D eigenvalue weighted by Gasteiger charge is 2.34. The van der Waals surface area contributed by atoms with Crippen LogP contribution in [-0.4, -0.2) is 41.6 Å². The maximum atomic E-state index is 12.2. The number of hydrogen-bond donors (Lipinski definition) is 1. The average Bonchev–Trinajstić information content (AvgIpc) is 2.39. The summed E-state index contributed by atoms with van der Waals surface area (Å²) >= 11 is 0. The van der Waals surface area contributed by atoms with E-state index in [9.17, 15) is 9.59 Å². The molecule has 1 aliphatic rings. The van der Waals surface area contributed by atoms with E-state index < -0.39 is 17.7 Å². The van der Waals surface area contributed by atoms with Gasteiger partial charge in [-0.3, -0.25) is 9.69 Å². The molecule has 0 aromatic rings. The first kappa shape index (κ1) is 15.8. The van der Waals surface area contributed by atoms with Crippen molar-refractivity contribution in [2.24, 2.45) is 5.92 Å². The number of carbonyl (C=O) groups is 2. The van der Waals surface area contributed by atoms with E-state index in [1.807, 2.05) is 34.6 Å². The van der Waals surface area contributed by atoms with E-state index in [1.165, 1.54) is 0 Å². The monoisotopic (exact) mass is 270 g/mol. The van der Waals surface area contributed by atoms with E-state index in [-0.39, 0.29) is 5.91 Å². The first-order valence-electron chi connectivity index (χ1n) is 6.98. The van der Waals surface area contributed by atoms with Crippen LogP contribution in [0, 0.1) is 5.92 Å². The molecular formula is C14H26N2O3.